The SMILES string of the molecule is Cc1ncc(NC(=O)c2ccnc(C(C)(C)C#N)c2)cc1C1C=NC(c2cn[nH]c2C)=C(C#N)C1. The highest BCUT2D eigenvalue weighted by Crippen LogP contribution is 2.35. The number of rotatable bonds is 5. The molecule has 0 aromatic carbocycles. The van der Waals surface area contributed by atoms with Crippen LogP contribution in [0.5, 0.6) is 0 Å². The zero-order valence-electron chi connectivity index (χ0n) is 19.9. The van der Waals surface area contributed by atoms with Gasteiger partial charge >= 0.3 is 0 Å². The minimum absolute atomic E-state index is 0.158. The molecule has 0 radical (unpaired) electrons. The summed E-state index contributed by atoms with van der Waals surface area (Å²) in [6.07, 6.45) is 7.08. The van der Waals surface area contributed by atoms with Crippen molar-refractivity contribution in [1.82, 2.24) is 20.2 Å². The van der Waals surface area contributed by atoms with E-state index in [1.54, 1.807) is 38.4 Å². The Morgan fingerprint density at radius 1 is 1.20 bits per heavy atom. The first-order valence-electron chi connectivity index (χ1n) is 11.1. The van der Waals surface area contributed by atoms with Crippen LogP contribution in [0.1, 0.15) is 64.8 Å². The van der Waals surface area contributed by atoms with E-state index in [4.69, 9.17) is 0 Å². The van der Waals surface area contributed by atoms with E-state index in [1.807, 2.05) is 26.1 Å². The summed E-state index contributed by atoms with van der Waals surface area (Å²) in [5.74, 6) is -0.486. The van der Waals surface area contributed by atoms with Crippen LogP contribution in [0.25, 0.3) is 5.70 Å². The van der Waals surface area contributed by atoms with Crippen LogP contribution in [-0.4, -0.2) is 32.3 Å². The van der Waals surface area contributed by atoms with Crippen molar-refractivity contribution in [3.63, 3.8) is 0 Å². The molecule has 3 aromatic rings. The maximum absolute atomic E-state index is 12.9. The quantitative estimate of drug-likeness (QED) is 0.574. The number of amides is 1. The topological polar surface area (TPSA) is 144 Å². The summed E-state index contributed by atoms with van der Waals surface area (Å²) in [5.41, 5.74) is 5.16. The smallest absolute Gasteiger partial charge is 0.255 e. The van der Waals surface area contributed by atoms with E-state index < -0.39 is 5.41 Å². The fourth-order valence-corrected chi connectivity index (χ4v) is 3.89. The number of aliphatic imine (C=N–C) groups is 1. The molecule has 0 saturated heterocycles. The molecule has 4 rings (SSSR count). The van der Waals surface area contributed by atoms with Gasteiger partial charge in [0.05, 0.1) is 52.6 Å². The van der Waals surface area contributed by atoms with Crippen LogP contribution in [-0.2, 0) is 5.41 Å². The number of hydrogen-bond donors (Lipinski definition) is 2. The predicted octanol–water partition coefficient (Wildman–Crippen LogP) is 4.36. The largest absolute Gasteiger partial charge is 0.321 e. The van der Waals surface area contributed by atoms with Crippen molar-refractivity contribution in [2.75, 3.05) is 5.32 Å². The van der Waals surface area contributed by atoms with Crippen LogP contribution in [0.3, 0.4) is 0 Å². The van der Waals surface area contributed by atoms with Gasteiger partial charge in [-0.25, -0.2) is 0 Å². The number of hydrogen-bond acceptors (Lipinski definition) is 7. The van der Waals surface area contributed by atoms with Gasteiger partial charge in [0, 0.05) is 40.8 Å². The first-order chi connectivity index (χ1) is 16.7. The highest BCUT2D eigenvalue weighted by Gasteiger charge is 2.25. The number of nitrogens with zero attached hydrogens (tertiary/aromatic N) is 6. The van der Waals surface area contributed by atoms with Crippen molar-refractivity contribution in [2.45, 2.75) is 45.4 Å². The Kier molecular flexibility index (Phi) is 6.26. The number of aromatic nitrogens is 4. The maximum Gasteiger partial charge on any atom is 0.255 e. The van der Waals surface area contributed by atoms with Crippen LogP contribution in [0.4, 0.5) is 5.69 Å². The standard InChI is InChI=1S/C26H24N8O/c1-15-21(19-7-18(10-27)24(31-11-19)22-13-32-34-16(22)2)9-20(12-30-15)33-25(35)17-5-6-29-23(8-17)26(3,4)14-28/h5-6,8-9,11-13,19H,7H2,1-4H3,(H,32,34)(H,33,35). The molecule has 174 valence electrons. The van der Waals surface area contributed by atoms with Crippen LogP contribution in [0.15, 0.2) is 47.4 Å². The Balaban J connectivity index is 1.58. The van der Waals surface area contributed by atoms with Gasteiger partial charge in [0.15, 0.2) is 0 Å². The van der Waals surface area contributed by atoms with Gasteiger partial charge in [-0.15, -0.1) is 0 Å². The number of pyridine rings is 2. The van der Waals surface area contributed by atoms with Gasteiger partial charge in [-0.05, 0) is 57.9 Å². The Hall–Kier alpha value is -4.63. The highest BCUT2D eigenvalue weighted by molar-refractivity contribution is 6.04. The predicted molar refractivity (Wildman–Crippen MR) is 132 cm³/mol. The number of aromatic amines is 1. The Labute approximate surface area is 203 Å². The van der Waals surface area contributed by atoms with E-state index in [9.17, 15) is 15.3 Å². The molecule has 9 nitrogen and oxygen atoms in total. The number of carbonyl (C=O) groups excluding carboxylic acids is 1. The van der Waals surface area contributed by atoms with E-state index in [-0.39, 0.29) is 11.8 Å². The van der Waals surface area contributed by atoms with Crippen molar-refractivity contribution < 1.29 is 4.79 Å². The van der Waals surface area contributed by atoms with Gasteiger partial charge in [0.2, 0.25) is 0 Å². The Morgan fingerprint density at radius 3 is 2.69 bits per heavy atom. The van der Waals surface area contributed by atoms with Crippen molar-refractivity contribution in [2.24, 2.45) is 4.99 Å². The van der Waals surface area contributed by atoms with Gasteiger partial charge in [-0.2, -0.15) is 15.6 Å². The lowest BCUT2D eigenvalue weighted by atomic mass is 9.88. The second-order valence-corrected chi connectivity index (χ2v) is 8.96. The molecule has 2 N–H and O–H groups in total. The number of aryl methyl sites for hydroxylation is 2. The van der Waals surface area contributed by atoms with Gasteiger partial charge < -0.3 is 5.32 Å². The molecule has 9 heteroatoms. The maximum atomic E-state index is 12.9. The van der Waals surface area contributed by atoms with E-state index in [0.29, 0.717) is 34.6 Å². The van der Waals surface area contributed by atoms with E-state index in [2.05, 4.69) is 42.6 Å². The summed E-state index contributed by atoms with van der Waals surface area (Å²) in [7, 11) is 0. The van der Waals surface area contributed by atoms with E-state index in [1.165, 1.54) is 6.20 Å². The van der Waals surface area contributed by atoms with Crippen molar-refractivity contribution in [3.05, 3.63) is 76.1 Å². The Morgan fingerprint density at radius 2 is 2.00 bits per heavy atom. The number of anilines is 1. The van der Waals surface area contributed by atoms with E-state index >= 15 is 0 Å². The summed E-state index contributed by atoms with van der Waals surface area (Å²) < 4.78 is 0. The molecular weight excluding hydrogens is 440 g/mol. The van der Waals surface area contributed by atoms with Gasteiger partial charge in [-0.1, -0.05) is 0 Å². The molecule has 1 atom stereocenters. The summed E-state index contributed by atoms with van der Waals surface area (Å²) in [5, 5.41) is 28.9. The second kappa shape index (κ2) is 9.32. The average molecular weight is 465 g/mol. The summed E-state index contributed by atoms with van der Waals surface area (Å²) in [6, 6.07) is 9.57. The summed E-state index contributed by atoms with van der Waals surface area (Å²) in [4.78, 5) is 26.2. The first kappa shape index (κ1) is 23.5. The van der Waals surface area contributed by atoms with Crippen molar-refractivity contribution in [3.8, 4) is 12.1 Å². The lowest BCUT2D eigenvalue weighted by Gasteiger charge is -2.20. The minimum Gasteiger partial charge on any atom is -0.321 e. The highest BCUT2D eigenvalue weighted by atomic mass is 16.1. The average Bonchev–Trinajstić information content (AvgIpc) is 3.30. The lowest BCUT2D eigenvalue weighted by Crippen LogP contribution is -2.19. The zero-order valence-corrected chi connectivity index (χ0v) is 19.9. The molecule has 0 saturated carbocycles. The first-order valence-corrected chi connectivity index (χ1v) is 11.1. The van der Waals surface area contributed by atoms with Crippen molar-refractivity contribution in [1.29, 1.82) is 10.5 Å². The molecule has 1 aliphatic rings. The molecule has 4 heterocycles. The summed E-state index contributed by atoms with van der Waals surface area (Å²) >= 11 is 0. The molecule has 0 fully saturated rings. The number of carbonyl (C=O) groups is 1. The fourth-order valence-electron chi connectivity index (χ4n) is 3.89. The third-order valence-corrected chi connectivity index (χ3v) is 6.04. The second-order valence-electron chi connectivity index (χ2n) is 8.96. The monoisotopic (exact) mass is 464 g/mol. The molecule has 3 aromatic heterocycles. The van der Waals surface area contributed by atoms with E-state index in [0.717, 1.165) is 22.5 Å². The summed E-state index contributed by atoms with van der Waals surface area (Å²) in [6.45, 7) is 7.28. The van der Waals surface area contributed by atoms with Gasteiger partial charge in [0.1, 0.15) is 0 Å². The number of nitriles is 2. The normalized spacial score (nSPS) is 15.4. The van der Waals surface area contributed by atoms with Crippen LogP contribution >= 0.6 is 0 Å². The molecule has 35 heavy (non-hydrogen) atoms. The molecule has 1 amide bonds. The van der Waals surface area contributed by atoms with Crippen molar-refractivity contribution >= 4 is 23.5 Å². The lowest BCUT2D eigenvalue weighted by molar-refractivity contribution is 0.102. The Bertz CT molecular complexity index is 1450. The molecule has 0 spiro atoms. The minimum atomic E-state index is -0.811. The fraction of sp³-hybridized carbons (Fsp3) is 0.269. The molecule has 0 aliphatic carbocycles. The van der Waals surface area contributed by atoms with Crippen LogP contribution < -0.4 is 5.32 Å². The van der Waals surface area contributed by atoms with Crippen LogP contribution in [0.2, 0.25) is 0 Å². The zero-order chi connectivity index (χ0) is 25.2. The molecular formula is C26H24N8O. The molecule has 1 unspecified atom stereocenters. The number of nitrogens with one attached hydrogen (secondary N) is 2. The third kappa shape index (κ3) is 4.71. The number of allylic oxidation sites excluding steroid dienone is 1. The molecule has 0 bridgehead atoms. The molecule has 1 aliphatic heterocycles. The van der Waals surface area contributed by atoms with Gasteiger partial charge in [0.25, 0.3) is 5.91 Å². The third-order valence-electron chi connectivity index (χ3n) is 6.04. The van der Waals surface area contributed by atoms with Crippen LogP contribution in [0, 0.1) is 36.5 Å². The van der Waals surface area contributed by atoms with Gasteiger partial charge in [-0.3, -0.25) is 24.9 Å². The number of H-pyrrole nitrogens is 1.